The molecule has 0 aliphatic carbocycles. The molecular weight excluding hydrogens is 182 g/mol. The highest BCUT2D eigenvalue weighted by molar-refractivity contribution is 4.81. The SMILES string of the molecule is CCCOCCNCc1nc(C)no1. The topological polar surface area (TPSA) is 60.2 Å². The molecule has 0 unspecified atom stereocenters. The van der Waals surface area contributed by atoms with Gasteiger partial charge in [0.15, 0.2) is 5.82 Å². The van der Waals surface area contributed by atoms with E-state index in [0.29, 0.717) is 18.3 Å². The molecule has 1 rings (SSSR count). The van der Waals surface area contributed by atoms with Gasteiger partial charge in [0.25, 0.3) is 0 Å². The van der Waals surface area contributed by atoms with Crippen LogP contribution in [0.1, 0.15) is 25.1 Å². The molecule has 0 saturated carbocycles. The summed E-state index contributed by atoms with van der Waals surface area (Å²) in [4.78, 5) is 4.06. The van der Waals surface area contributed by atoms with Crippen LogP contribution in [0.25, 0.3) is 0 Å². The van der Waals surface area contributed by atoms with Crippen LogP contribution in [0.3, 0.4) is 0 Å². The molecule has 80 valence electrons. The van der Waals surface area contributed by atoms with Crippen LogP contribution < -0.4 is 5.32 Å². The number of hydrogen-bond acceptors (Lipinski definition) is 5. The standard InChI is InChI=1S/C9H17N3O2/c1-3-5-13-6-4-10-7-9-11-8(2)12-14-9/h10H,3-7H2,1-2H3. The molecule has 5 heteroatoms. The second-order valence-corrected chi connectivity index (χ2v) is 3.02. The van der Waals surface area contributed by atoms with Gasteiger partial charge in [0.05, 0.1) is 13.2 Å². The molecule has 0 atom stereocenters. The minimum Gasteiger partial charge on any atom is -0.380 e. The zero-order valence-corrected chi connectivity index (χ0v) is 8.75. The van der Waals surface area contributed by atoms with Gasteiger partial charge in [-0.3, -0.25) is 0 Å². The summed E-state index contributed by atoms with van der Waals surface area (Å²) in [5.41, 5.74) is 0. The van der Waals surface area contributed by atoms with Crippen LogP contribution in [0.2, 0.25) is 0 Å². The summed E-state index contributed by atoms with van der Waals surface area (Å²) in [6.07, 6.45) is 1.06. The van der Waals surface area contributed by atoms with E-state index in [1.807, 2.05) is 0 Å². The highest BCUT2D eigenvalue weighted by atomic mass is 16.5. The van der Waals surface area contributed by atoms with Crippen molar-refractivity contribution in [1.29, 1.82) is 0 Å². The Morgan fingerprint density at radius 3 is 2.93 bits per heavy atom. The minimum absolute atomic E-state index is 0.607. The van der Waals surface area contributed by atoms with Crippen molar-refractivity contribution in [3.8, 4) is 0 Å². The van der Waals surface area contributed by atoms with Crippen molar-refractivity contribution >= 4 is 0 Å². The molecule has 14 heavy (non-hydrogen) atoms. The molecule has 1 aromatic rings. The fourth-order valence-electron chi connectivity index (χ4n) is 0.998. The van der Waals surface area contributed by atoms with E-state index in [1.165, 1.54) is 0 Å². The van der Waals surface area contributed by atoms with Gasteiger partial charge in [-0.25, -0.2) is 0 Å². The zero-order valence-electron chi connectivity index (χ0n) is 8.75. The molecule has 0 spiro atoms. The van der Waals surface area contributed by atoms with Crippen molar-refractivity contribution in [1.82, 2.24) is 15.5 Å². The average Bonchev–Trinajstić information content (AvgIpc) is 2.58. The second kappa shape index (κ2) is 6.50. The maximum absolute atomic E-state index is 5.30. The first-order valence-electron chi connectivity index (χ1n) is 4.90. The highest BCUT2D eigenvalue weighted by Gasteiger charge is 2.00. The van der Waals surface area contributed by atoms with Gasteiger partial charge < -0.3 is 14.6 Å². The number of hydrogen-bond donors (Lipinski definition) is 1. The van der Waals surface area contributed by atoms with Crippen LogP contribution >= 0.6 is 0 Å². The number of nitrogens with zero attached hydrogens (tertiary/aromatic N) is 2. The molecule has 1 aromatic heterocycles. The smallest absolute Gasteiger partial charge is 0.240 e. The largest absolute Gasteiger partial charge is 0.380 e. The Morgan fingerprint density at radius 2 is 2.29 bits per heavy atom. The molecule has 0 aliphatic heterocycles. The maximum atomic E-state index is 5.30. The highest BCUT2D eigenvalue weighted by Crippen LogP contribution is 1.93. The van der Waals surface area contributed by atoms with Gasteiger partial charge in [0, 0.05) is 13.2 Å². The second-order valence-electron chi connectivity index (χ2n) is 3.02. The molecule has 0 bridgehead atoms. The Morgan fingerprint density at radius 1 is 1.43 bits per heavy atom. The first kappa shape index (κ1) is 11.1. The van der Waals surface area contributed by atoms with Crippen molar-refractivity contribution in [3.63, 3.8) is 0 Å². The van der Waals surface area contributed by atoms with Gasteiger partial charge >= 0.3 is 0 Å². The normalized spacial score (nSPS) is 10.7. The van der Waals surface area contributed by atoms with E-state index in [0.717, 1.165) is 26.2 Å². The van der Waals surface area contributed by atoms with Gasteiger partial charge in [-0.2, -0.15) is 4.98 Å². The van der Waals surface area contributed by atoms with Crippen molar-refractivity contribution in [2.24, 2.45) is 0 Å². The molecule has 5 nitrogen and oxygen atoms in total. The molecule has 0 aromatic carbocycles. The summed E-state index contributed by atoms with van der Waals surface area (Å²) in [5, 5.41) is 6.84. The Labute approximate surface area is 83.8 Å². The van der Waals surface area contributed by atoms with Crippen LogP contribution in [0.5, 0.6) is 0 Å². The quantitative estimate of drug-likeness (QED) is 0.661. The predicted molar refractivity (Wildman–Crippen MR) is 51.9 cm³/mol. The Hall–Kier alpha value is -0.940. The summed E-state index contributed by atoms with van der Waals surface area (Å²) in [7, 11) is 0. The third kappa shape index (κ3) is 4.34. The number of aromatic nitrogens is 2. The first-order chi connectivity index (χ1) is 6.83. The molecule has 0 radical (unpaired) electrons. The van der Waals surface area contributed by atoms with Crippen LogP contribution in [0.4, 0.5) is 0 Å². The van der Waals surface area contributed by atoms with Gasteiger partial charge in [-0.05, 0) is 13.3 Å². The molecule has 0 saturated heterocycles. The van der Waals surface area contributed by atoms with Gasteiger partial charge in [-0.15, -0.1) is 0 Å². The van der Waals surface area contributed by atoms with E-state index in [1.54, 1.807) is 6.92 Å². The fraction of sp³-hybridized carbons (Fsp3) is 0.778. The van der Waals surface area contributed by atoms with E-state index in [-0.39, 0.29) is 0 Å². The zero-order chi connectivity index (χ0) is 10.2. The van der Waals surface area contributed by atoms with E-state index in [2.05, 4.69) is 22.4 Å². The Bertz CT molecular complexity index is 250. The molecule has 1 N–H and O–H groups in total. The minimum atomic E-state index is 0.607. The van der Waals surface area contributed by atoms with Crippen LogP contribution in [-0.2, 0) is 11.3 Å². The van der Waals surface area contributed by atoms with Crippen molar-refractivity contribution in [2.75, 3.05) is 19.8 Å². The van der Waals surface area contributed by atoms with Crippen molar-refractivity contribution in [2.45, 2.75) is 26.8 Å². The lowest BCUT2D eigenvalue weighted by Crippen LogP contribution is -2.19. The summed E-state index contributed by atoms with van der Waals surface area (Å²) < 4.78 is 10.2. The lowest BCUT2D eigenvalue weighted by Gasteiger charge is -2.02. The lowest BCUT2D eigenvalue weighted by atomic mass is 10.5. The summed E-state index contributed by atoms with van der Waals surface area (Å²) in [6.45, 7) is 6.85. The molecule has 0 aliphatic rings. The average molecular weight is 199 g/mol. The lowest BCUT2D eigenvalue weighted by molar-refractivity contribution is 0.135. The van der Waals surface area contributed by atoms with E-state index in [4.69, 9.17) is 9.26 Å². The van der Waals surface area contributed by atoms with Gasteiger partial charge in [0.2, 0.25) is 5.89 Å². The summed E-state index contributed by atoms with van der Waals surface area (Å²) >= 11 is 0. The fourth-order valence-corrected chi connectivity index (χ4v) is 0.998. The van der Waals surface area contributed by atoms with Gasteiger partial charge in [0.1, 0.15) is 0 Å². The van der Waals surface area contributed by atoms with Crippen molar-refractivity contribution < 1.29 is 9.26 Å². The summed E-state index contributed by atoms with van der Waals surface area (Å²) in [6, 6.07) is 0. The van der Waals surface area contributed by atoms with E-state index < -0.39 is 0 Å². The molecule has 1 heterocycles. The molecule has 0 amide bonds. The Kier molecular flexibility index (Phi) is 5.17. The van der Waals surface area contributed by atoms with E-state index >= 15 is 0 Å². The predicted octanol–water partition coefficient (Wildman–Crippen LogP) is 0.894. The monoisotopic (exact) mass is 199 g/mol. The molecule has 0 fully saturated rings. The van der Waals surface area contributed by atoms with Crippen LogP contribution in [0, 0.1) is 6.92 Å². The number of aryl methyl sites for hydroxylation is 1. The third-order valence-corrected chi connectivity index (χ3v) is 1.62. The maximum Gasteiger partial charge on any atom is 0.240 e. The first-order valence-corrected chi connectivity index (χ1v) is 4.90. The number of rotatable bonds is 7. The van der Waals surface area contributed by atoms with Gasteiger partial charge in [-0.1, -0.05) is 12.1 Å². The van der Waals surface area contributed by atoms with Crippen molar-refractivity contribution in [3.05, 3.63) is 11.7 Å². The van der Waals surface area contributed by atoms with Crippen LogP contribution in [0.15, 0.2) is 4.52 Å². The number of ether oxygens (including phenoxy) is 1. The Balaban J connectivity index is 1.99. The summed E-state index contributed by atoms with van der Waals surface area (Å²) in [5.74, 6) is 1.29. The molecular formula is C9H17N3O2. The van der Waals surface area contributed by atoms with Crippen LogP contribution in [-0.4, -0.2) is 29.9 Å². The number of nitrogens with one attached hydrogen (secondary N) is 1. The third-order valence-electron chi connectivity index (χ3n) is 1.62. The van der Waals surface area contributed by atoms with E-state index in [9.17, 15) is 0 Å².